The third-order valence-electron chi connectivity index (χ3n) is 4.45. The van der Waals surface area contributed by atoms with Crippen LogP contribution < -0.4 is 14.2 Å². The van der Waals surface area contributed by atoms with E-state index in [9.17, 15) is 4.39 Å². The fourth-order valence-electron chi connectivity index (χ4n) is 3.14. The Kier molecular flexibility index (Phi) is 4.57. The summed E-state index contributed by atoms with van der Waals surface area (Å²) in [4.78, 5) is 4.49. The smallest absolute Gasteiger partial charge is 0.203 e. The number of aromatic nitrogens is 3. The zero-order valence-corrected chi connectivity index (χ0v) is 15.6. The highest BCUT2D eigenvalue weighted by Gasteiger charge is 2.19. The first-order valence-corrected chi connectivity index (χ1v) is 8.56. The maximum absolute atomic E-state index is 13.3. The highest BCUT2D eigenvalue weighted by atomic mass is 19.1. The van der Waals surface area contributed by atoms with E-state index in [0.29, 0.717) is 34.3 Å². The molecule has 4 rings (SSSR count). The van der Waals surface area contributed by atoms with Gasteiger partial charge in [-0.1, -0.05) is 0 Å². The molecule has 0 spiro atoms. The third kappa shape index (κ3) is 2.90. The molecule has 7 heteroatoms. The average molecular weight is 379 g/mol. The summed E-state index contributed by atoms with van der Waals surface area (Å²) in [5, 5.41) is 5.60. The second-order valence-electron chi connectivity index (χ2n) is 6.03. The molecule has 0 bridgehead atoms. The van der Waals surface area contributed by atoms with Crippen molar-refractivity contribution in [3.8, 4) is 34.2 Å². The zero-order chi connectivity index (χ0) is 19.7. The van der Waals surface area contributed by atoms with Gasteiger partial charge in [0.1, 0.15) is 11.5 Å². The highest BCUT2D eigenvalue weighted by Crippen LogP contribution is 2.40. The van der Waals surface area contributed by atoms with E-state index in [2.05, 4.69) is 4.98 Å². The van der Waals surface area contributed by atoms with Crippen LogP contribution in [0.3, 0.4) is 0 Å². The zero-order valence-electron chi connectivity index (χ0n) is 15.6. The summed E-state index contributed by atoms with van der Waals surface area (Å²) in [6.45, 7) is 0. The van der Waals surface area contributed by atoms with Gasteiger partial charge in [0.2, 0.25) is 5.75 Å². The van der Waals surface area contributed by atoms with Gasteiger partial charge in [0.05, 0.1) is 27.0 Å². The van der Waals surface area contributed by atoms with Gasteiger partial charge in [0, 0.05) is 29.3 Å². The fourth-order valence-corrected chi connectivity index (χ4v) is 3.14. The van der Waals surface area contributed by atoms with Crippen molar-refractivity contribution in [3.05, 3.63) is 60.5 Å². The first-order chi connectivity index (χ1) is 13.7. The average Bonchev–Trinajstić information content (AvgIpc) is 3.13. The molecule has 0 aliphatic heterocycles. The predicted octanol–water partition coefficient (Wildman–Crippen LogP) is 4.25. The number of ether oxygens (including phenoxy) is 3. The molecule has 0 amide bonds. The van der Waals surface area contributed by atoms with E-state index in [4.69, 9.17) is 19.3 Å². The molecule has 0 saturated heterocycles. The second kappa shape index (κ2) is 7.19. The minimum absolute atomic E-state index is 0.296. The Bertz CT molecular complexity index is 1110. The molecule has 28 heavy (non-hydrogen) atoms. The van der Waals surface area contributed by atoms with Crippen molar-refractivity contribution >= 4 is 11.0 Å². The number of benzene rings is 2. The van der Waals surface area contributed by atoms with Gasteiger partial charge < -0.3 is 14.2 Å². The van der Waals surface area contributed by atoms with E-state index >= 15 is 0 Å². The van der Waals surface area contributed by atoms with Crippen molar-refractivity contribution < 1.29 is 18.6 Å². The second-order valence-corrected chi connectivity index (χ2v) is 6.03. The van der Waals surface area contributed by atoms with Gasteiger partial charge in [-0.25, -0.2) is 14.1 Å². The van der Waals surface area contributed by atoms with Crippen LogP contribution in [0.25, 0.3) is 28.0 Å². The molecule has 0 unspecified atom stereocenters. The van der Waals surface area contributed by atoms with E-state index in [1.54, 1.807) is 56.5 Å². The Labute approximate surface area is 161 Å². The number of rotatable bonds is 5. The van der Waals surface area contributed by atoms with Gasteiger partial charge in [-0.2, -0.15) is 5.10 Å². The summed E-state index contributed by atoms with van der Waals surface area (Å²) in [5.74, 6) is 1.23. The monoisotopic (exact) mass is 379 g/mol. The minimum atomic E-state index is -0.296. The van der Waals surface area contributed by atoms with Crippen LogP contribution in [-0.4, -0.2) is 36.1 Å². The van der Waals surface area contributed by atoms with Gasteiger partial charge in [-0.3, -0.25) is 0 Å². The number of hydrogen-bond acceptors (Lipinski definition) is 5. The standard InChI is InChI=1S/C21H18FN3O3/c1-26-17-11-15(12-18(27-2)20(17)28-3)25-21-16(5-4-10-23-21)19(24-25)13-6-8-14(22)9-7-13/h4-12H,1-3H3. The van der Waals surface area contributed by atoms with Crippen molar-refractivity contribution in [3.63, 3.8) is 0 Å². The largest absolute Gasteiger partial charge is 0.493 e. The van der Waals surface area contributed by atoms with Gasteiger partial charge in [-0.15, -0.1) is 0 Å². The van der Waals surface area contributed by atoms with Crippen LogP contribution in [0, 0.1) is 5.82 Å². The molecular weight excluding hydrogens is 361 g/mol. The van der Waals surface area contributed by atoms with E-state index in [1.165, 1.54) is 12.1 Å². The predicted molar refractivity (Wildman–Crippen MR) is 104 cm³/mol. The van der Waals surface area contributed by atoms with Crippen LogP contribution in [0.1, 0.15) is 0 Å². The first-order valence-electron chi connectivity index (χ1n) is 8.56. The molecule has 0 atom stereocenters. The highest BCUT2D eigenvalue weighted by molar-refractivity contribution is 5.92. The molecule has 0 radical (unpaired) electrons. The number of halogens is 1. The molecule has 0 aliphatic carbocycles. The lowest BCUT2D eigenvalue weighted by atomic mass is 10.1. The normalized spacial score (nSPS) is 10.9. The van der Waals surface area contributed by atoms with Crippen LogP contribution >= 0.6 is 0 Å². The summed E-state index contributed by atoms with van der Waals surface area (Å²) in [5.41, 5.74) is 2.87. The molecule has 0 saturated carbocycles. The Hall–Kier alpha value is -3.61. The first kappa shape index (κ1) is 17.8. The van der Waals surface area contributed by atoms with Crippen molar-refractivity contribution in [1.82, 2.24) is 14.8 Å². The minimum Gasteiger partial charge on any atom is -0.493 e. The quantitative estimate of drug-likeness (QED) is 0.519. The van der Waals surface area contributed by atoms with Gasteiger partial charge >= 0.3 is 0 Å². The summed E-state index contributed by atoms with van der Waals surface area (Å²) in [7, 11) is 4.67. The van der Waals surface area contributed by atoms with Crippen molar-refractivity contribution in [2.24, 2.45) is 0 Å². The molecule has 142 valence electrons. The molecule has 2 heterocycles. The topological polar surface area (TPSA) is 58.4 Å². The van der Waals surface area contributed by atoms with Crippen molar-refractivity contribution in [2.45, 2.75) is 0 Å². The summed E-state index contributed by atoms with van der Waals surface area (Å²) in [6.07, 6.45) is 1.70. The molecule has 6 nitrogen and oxygen atoms in total. The van der Waals surface area contributed by atoms with E-state index in [-0.39, 0.29) is 5.82 Å². The number of fused-ring (bicyclic) bond motifs is 1. The van der Waals surface area contributed by atoms with Gasteiger partial charge in [0.15, 0.2) is 17.1 Å². The molecule has 0 aliphatic rings. The summed E-state index contributed by atoms with van der Waals surface area (Å²) >= 11 is 0. The molecule has 2 aromatic carbocycles. The maximum Gasteiger partial charge on any atom is 0.203 e. The molecule has 4 aromatic rings. The lowest BCUT2D eigenvalue weighted by Crippen LogP contribution is -2.01. The molecule has 2 aromatic heterocycles. The van der Waals surface area contributed by atoms with Crippen molar-refractivity contribution in [1.29, 1.82) is 0 Å². The fraction of sp³-hybridized carbons (Fsp3) is 0.143. The molecular formula is C21H18FN3O3. The van der Waals surface area contributed by atoms with E-state index in [1.807, 2.05) is 12.1 Å². The number of methoxy groups -OCH3 is 3. The number of pyridine rings is 1. The van der Waals surface area contributed by atoms with E-state index < -0.39 is 0 Å². The SMILES string of the molecule is COc1cc(-n2nc(-c3ccc(F)cc3)c3cccnc32)cc(OC)c1OC. The Morgan fingerprint density at radius 2 is 1.57 bits per heavy atom. The molecule has 0 fully saturated rings. The van der Waals surface area contributed by atoms with Crippen LogP contribution in [0.15, 0.2) is 54.7 Å². The van der Waals surface area contributed by atoms with Gasteiger partial charge in [0.25, 0.3) is 0 Å². The van der Waals surface area contributed by atoms with Crippen LogP contribution in [0.5, 0.6) is 17.2 Å². The molecule has 0 N–H and O–H groups in total. The third-order valence-corrected chi connectivity index (χ3v) is 4.45. The van der Waals surface area contributed by atoms with Crippen molar-refractivity contribution in [2.75, 3.05) is 21.3 Å². The van der Waals surface area contributed by atoms with E-state index in [0.717, 1.165) is 10.9 Å². The number of hydrogen-bond donors (Lipinski definition) is 0. The lowest BCUT2D eigenvalue weighted by molar-refractivity contribution is 0.324. The Morgan fingerprint density at radius 3 is 2.18 bits per heavy atom. The Balaban J connectivity index is 1.96. The Morgan fingerprint density at radius 1 is 0.893 bits per heavy atom. The van der Waals surface area contributed by atoms with Crippen LogP contribution in [-0.2, 0) is 0 Å². The lowest BCUT2D eigenvalue weighted by Gasteiger charge is -2.14. The van der Waals surface area contributed by atoms with Gasteiger partial charge in [-0.05, 0) is 36.4 Å². The van der Waals surface area contributed by atoms with Crippen LogP contribution in [0.2, 0.25) is 0 Å². The maximum atomic E-state index is 13.3. The number of nitrogens with zero attached hydrogens (tertiary/aromatic N) is 3. The summed E-state index contributed by atoms with van der Waals surface area (Å²) in [6, 6.07) is 13.6. The summed E-state index contributed by atoms with van der Waals surface area (Å²) < 4.78 is 31.3. The van der Waals surface area contributed by atoms with Crippen LogP contribution in [0.4, 0.5) is 4.39 Å².